The number of piperidine rings is 1. The molecule has 0 aliphatic carbocycles. The largest absolute Gasteiger partial charge is 0.490 e. The molecule has 3 rings (SSSR count). The Kier molecular flexibility index (Phi) is 5.58. The lowest BCUT2D eigenvalue weighted by Crippen LogP contribution is -2.44. The van der Waals surface area contributed by atoms with Gasteiger partial charge in [-0.05, 0) is 31.9 Å². The summed E-state index contributed by atoms with van der Waals surface area (Å²) in [5, 5.41) is 4.62. The van der Waals surface area contributed by atoms with Gasteiger partial charge in [-0.25, -0.2) is 4.39 Å². The number of hydrogen-bond acceptors (Lipinski definition) is 3. The number of amides is 1. The zero-order valence-corrected chi connectivity index (χ0v) is 14.8. The fraction of sp³-hybridized carbons (Fsp3) is 0.444. The molecule has 5 nitrogen and oxygen atoms in total. The highest BCUT2D eigenvalue weighted by atomic mass is 35.5. The van der Waals surface area contributed by atoms with Gasteiger partial charge in [-0.2, -0.15) is 5.10 Å². The molecule has 2 atom stereocenters. The zero-order valence-electron chi connectivity index (χ0n) is 14.1. The number of benzene rings is 1. The summed E-state index contributed by atoms with van der Waals surface area (Å²) < 4.78 is 20.8. The van der Waals surface area contributed by atoms with Gasteiger partial charge in [0.2, 0.25) is 5.91 Å². The van der Waals surface area contributed by atoms with E-state index in [4.69, 9.17) is 16.3 Å². The number of carbonyl (C=O) groups excluding carboxylic acids is 1. The summed E-state index contributed by atoms with van der Waals surface area (Å²) in [7, 11) is 0. The number of rotatable bonds is 5. The Labute approximate surface area is 151 Å². The molecule has 0 spiro atoms. The lowest BCUT2D eigenvalue weighted by atomic mass is 9.98. The maximum Gasteiger partial charge on any atom is 0.247 e. The number of nitrogens with zero attached hydrogens (tertiary/aromatic N) is 3. The van der Waals surface area contributed by atoms with Crippen molar-refractivity contribution in [3.05, 3.63) is 47.5 Å². The molecule has 0 bridgehead atoms. The molecule has 1 aromatic heterocycles. The van der Waals surface area contributed by atoms with Gasteiger partial charge in [-0.1, -0.05) is 23.7 Å². The second-order valence-corrected chi connectivity index (χ2v) is 6.78. The third-order valence-electron chi connectivity index (χ3n) is 4.47. The van der Waals surface area contributed by atoms with Crippen LogP contribution in [0.5, 0.6) is 5.75 Å². The molecule has 25 heavy (non-hydrogen) atoms. The van der Waals surface area contributed by atoms with E-state index in [1.165, 1.54) is 12.3 Å². The SMILES string of the molecule is C[C@H](C(=O)N1CCC[C@H](COc2ccccc2F)C1)n1cc(Cl)cn1. The fourth-order valence-corrected chi connectivity index (χ4v) is 3.22. The first-order valence-electron chi connectivity index (χ1n) is 8.40. The van der Waals surface area contributed by atoms with E-state index in [0.717, 1.165) is 12.8 Å². The van der Waals surface area contributed by atoms with E-state index in [0.29, 0.717) is 24.7 Å². The quantitative estimate of drug-likeness (QED) is 0.814. The van der Waals surface area contributed by atoms with Crippen molar-refractivity contribution in [2.75, 3.05) is 19.7 Å². The van der Waals surface area contributed by atoms with E-state index < -0.39 is 6.04 Å². The number of halogens is 2. The van der Waals surface area contributed by atoms with E-state index >= 15 is 0 Å². The van der Waals surface area contributed by atoms with Crippen LogP contribution in [0.25, 0.3) is 0 Å². The lowest BCUT2D eigenvalue weighted by molar-refractivity contribution is -0.136. The van der Waals surface area contributed by atoms with Gasteiger partial charge in [0, 0.05) is 25.2 Å². The van der Waals surface area contributed by atoms with Crippen LogP contribution in [0.1, 0.15) is 25.8 Å². The summed E-state index contributed by atoms with van der Waals surface area (Å²) in [6.07, 6.45) is 5.03. The van der Waals surface area contributed by atoms with Crippen molar-refractivity contribution in [3.63, 3.8) is 0 Å². The van der Waals surface area contributed by atoms with Crippen LogP contribution < -0.4 is 4.74 Å². The maximum atomic E-state index is 13.6. The third-order valence-corrected chi connectivity index (χ3v) is 4.66. The predicted molar refractivity (Wildman–Crippen MR) is 93.1 cm³/mol. The third kappa shape index (κ3) is 4.31. The standard InChI is InChI=1S/C18H21ClFN3O2/c1-13(23-11-15(19)9-21-23)18(24)22-8-4-5-14(10-22)12-25-17-7-3-2-6-16(17)20/h2-3,6-7,9,11,13-14H,4-5,8,10,12H2,1H3/t13-,14+/m1/s1. The molecule has 0 saturated carbocycles. The lowest BCUT2D eigenvalue weighted by Gasteiger charge is -2.34. The van der Waals surface area contributed by atoms with E-state index in [-0.39, 0.29) is 23.4 Å². The van der Waals surface area contributed by atoms with Crippen LogP contribution in [-0.2, 0) is 4.79 Å². The Hall–Kier alpha value is -2.08. The summed E-state index contributed by atoms with van der Waals surface area (Å²) in [6.45, 7) is 3.53. The molecule has 1 aliphatic rings. The highest BCUT2D eigenvalue weighted by Gasteiger charge is 2.28. The smallest absolute Gasteiger partial charge is 0.247 e. The van der Waals surface area contributed by atoms with Gasteiger partial charge in [-0.15, -0.1) is 0 Å². The molecule has 2 heterocycles. The Morgan fingerprint density at radius 1 is 1.48 bits per heavy atom. The highest BCUT2D eigenvalue weighted by molar-refractivity contribution is 6.30. The summed E-state index contributed by atoms with van der Waals surface area (Å²) in [6, 6.07) is 5.96. The Morgan fingerprint density at radius 3 is 3.00 bits per heavy atom. The average molecular weight is 366 g/mol. The van der Waals surface area contributed by atoms with Crippen molar-refractivity contribution in [3.8, 4) is 5.75 Å². The molecule has 1 amide bonds. The van der Waals surface area contributed by atoms with Crippen LogP contribution in [0.2, 0.25) is 5.02 Å². The molecule has 1 fully saturated rings. The van der Waals surface area contributed by atoms with Crippen LogP contribution in [0, 0.1) is 11.7 Å². The molecule has 1 aromatic carbocycles. The molecule has 7 heteroatoms. The summed E-state index contributed by atoms with van der Waals surface area (Å²) in [4.78, 5) is 14.5. The molecule has 0 radical (unpaired) electrons. The van der Waals surface area contributed by atoms with Gasteiger partial charge in [0.15, 0.2) is 11.6 Å². The maximum absolute atomic E-state index is 13.6. The predicted octanol–water partition coefficient (Wildman–Crippen LogP) is 3.55. The fourth-order valence-electron chi connectivity index (χ4n) is 3.07. The van der Waals surface area contributed by atoms with E-state index in [2.05, 4.69) is 5.10 Å². The molecular weight excluding hydrogens is 345 g/mol. The molecule has 0 N–H and O–H groups in total. The highest BCUT2D eigenvalue weighted by Crippen LogP contribution is 2.23. The van der Waals surface area contributed by atoms with Crippen LogP contribution in [0.4, 0.5) is 4.39 Å². The first kappa shape index (κ1) is 17.7. The number of aromatic nitrogens is 2. The second-order valence-electron chi connectivity index (χ2n) is 6.35. The number of hydrogen-bond donors (Lipinski definition) is 0. The van der Waals surface area contributed by atoms with Crippen molar-refractivity contribution < 1.29 is 13.9 Å². The minimum atomic E-state index is -0.404. The van der Waals surface area contributed by atoms with Crippen molar-refractivity contribution in [2.45, 2.75) is 25.8 Å². The molecule has 134 valence electrons. The van der Waals surface area contributed by atoms with Crippen LogP contribution >= 0.6 is 11.6 Å². The van der Waals surface area contributed by atoms with Gasteiger partial charge in [-0.3, -0.25) is 9.48 Å². The van der Waals surface area contributed by atoms with E-state index in [1.807, 2.05) is 11.8 Å². The number of likely N-dealkylation sites (tertiary alicyclic amines) is 1. The van der Waals surface area contributed by atoms with Crippen molar-refractivity contribution in [1.29, 1.82) is 0 Å². The zero-order chi connectivity index (χ0) is 17.8. The summed E-state index contributed by atoms with van der Waals surface area (Å²) >= 11 is 5.87. The minimum Gasteiger partial charge on any atom is -0.490 e. The Morgan fingerprint density at radius 2 is 2.28 bits per heavy atom. The first-order chi connectivity index (χ1) is 12.0. The summed E-state index contributed by atoms with van der Waals surface area (Å²) in [5.41, 5.74) is 0. The van der Waals surface area contributed by atoms with Crippen molar-refractivity contribution >= 4 is 17.5 Å². The Balaban J connectivity index is 1.57. The van der Waals surface area contributed by atoms with E-state index in [1.54, 1.807) is 29.1 Å². The monoisotopic (exact) mass is 365 g/mol. The number of para-hydroxylation sites is 1. The second kappa shape index (κ2) is 7.87. The van der Waals surface area contributed by atoms with Crippen LogP contribution in [0.3, 0.4) is 0 Å². The van der Waals surface area contributed by atoms with Crippen LogP contribution in [-0.4, -0.2) is 40.3 Å². The number of carbonyl (C=O) groups is 1. The van der Waals surface area contributed by atoms with Gasteiger partial charge in [0.25, 0.3) is 0 Å². The Bertz CT molecular complexity index is 737. The minimum absolute atomic E-state index is 0.00959. The molecular formula is C18H21ClFN3O2. The molecule has 1 saturated heterocycles. The van der Waals surface area contributed by atoms with Gasteiger partial charge >= 0.3 is 0 Å². The molecule has 1 aliphatic heterocycles. The van der Waals surface area contributed by atoms with Gasteiger partial charge in [0.05, 0.1) is 17.8 Å². The van der Waals surface area contributed by atoms with E-state index in [9.17, 15) is 9.18 Å². The number of ether oxygens (including phenoxy) is 1. The summed E-state index contributed by atoms with van der Waals surface area (Å²) in [5.74, 6) is 0.0852. The van der Waals surface area contributed by atoms with Crippen molar-refractivity contribution in [2.24, 2.45) is 5.92 Å². The average Bonchev–Trinajstić information content (AvgIpc) is 3.06. The molecule has 0 unspecified atom stereocenters. The van der Waals surface area contributed by atoms with Crippen LogP contribution in [0.15, 0.2) is 36.7 Å². The molecule has 2 aromatic rings. The normalized spacial score (nSPS) is 18.8. The first-order valence-corrected chi connectivity index (χ1v) is 8.78. The van der Waals surface area contributed by atoms with Gasteiger partial charge in [0.1, 0.15) is 6.04 Å². The van der Waals surface area contributed by atoms with Gasteiger partial charge < -0.3 is 9.64 Å². The van der Waals surface area contributed by atoms with Crippen molar-refractivity contribution in [1.82, 2.24) is 14.7 Å². The topological polar surface area (TPSA) is 47.4 Å².